The van der Waals surface area contributed by atoms with Crippen molar-refractivity contribution < 1.29 is 13.2 Å². The fraction of sp³-hybridized carbons (Fsp3) is 0.188. The van der Waals surface area contributed by atoms with E-state index in [1.807, 2.05) is 0 Å². The van der Waals surface area contributed by atoms with E-state index in [1.54, 1.807) is 55.6 Å². The molecule has 22 heavy (non-hydrogen) atoms. The lowest BCUT2D eigenvalue weighted by atomic mass is 10.1. The molecule has 114 valence electrons. The zero-order valence-corrected chi connectivity index (χ0v) is 12.9. The zero-order chi connectivity index (χ0) is 15.7. The molecule has 0 unspecified atom stereocenters. The summed E-state index contributed by atoms with van der Waals surface area (Å²) in [5.74, 6) is -0.174. The molecule has 2 aromatic rings. The molecule has 1 aliphatic rings. The number of benzene rings is 2. The third-order valence-electron chi connectivity index (χ3n) is 3.75. The SMILES string of the molecule is CNC(=O)c1ccc2c(c1)CCN2S(=O)(=O)c1ccccc1. The van der Waals surface area contributed by atoms with E-state index in [0.717, 1.165) is 5.56 Å². The Hall–Kier alpha value is -2.34. The molecule has 0 aliphatic carbocycles. The van der Waals surface area contributed by atoms with Gasteiger partial charge >= 0.3 is 0 Å². The summed E-state index contributed by atoms with van der Waals surface area (Å²) in [5.41, 5.74) is 2.07. The minimum atomic E-state index is -3.56. The first-order valence-corrected chi connectivity index (χ1v) is 8.41. The van der Waals surface area contributed by atoms with Gasteiger partial charge in [0.1, 0.15) is 0 Å². The van der Waals surface area contributed by atoms with Gasteiger partial charge in [0.2, 0.25) is 0 Å². The van der Waals surface area contributed by atoms with Gasteiger partial charge in [-0.15, -0.1) is 0 Å². The lowest BCUT2D eigenvalue weighted by Gasteiger charge is -2.19. The number of hydrogen-bond donors (Lipinski definition) is 1. The van der Waals surface area contributed by atoms with E-state index in [2.05, 4.69) is 5.32 Å². The third-order valence-corrected chi connectivity index (χ3v) is 5.58. The van der Waals surface area contributed by atoms with Gasteiger partial charge in [-0.25, -0.2) is 8.42 Å². The number of nitrogens with one attached hydrogen (secondary N) is 1. The first-order chi connectivity index (χ1) is 10.5. The Morgan fingerprint density at radius 3 is 2.55 bits per heavy atom. The Balaban J connectivity index is 2.00. The van der Waals surface area contributed by atoms with E-state index in [9.17, 15) is 13.2 Å². The van der Waals surface area contributed by atoms with Crippen molar-refractivity contribution in [2.24, 2.45) is 0 Å². The van der Waals surface area contributed by atoms with Gasteiger partial charge in [0, 0.05) is 19.2 Å². The smallest absolute Gasteiger partial charge is 0.264 e. The Morgan fingerprint density at radius 2 is 1.86 bits per heavy atom. The normalized spacial score (nSPS) is 13.8. The fourth-order valence-corrected chi connectivity index (χ4v) is 4.15. The molecular weight excluding hydrogens is 300 g/mol. The van der Waals surface area contributed by atoms with E-state index >= 15 is 0 Å². The number of nitrogens with zero attached hydrogens (tertiary/aromatic N) is 1. The van der Waals surface area contributed by atoms with Crippen LogP contribution in [-0.4, -0.2) is 27.9 Å². The van der Waals surface area contributed by atoms with Crippen molar-refractivity contribution in [2.75, 3.05) is 17.9 Å². The minimum absolute atomic E-state index is 0.174. The highest BCUT2D eigenvalue weighted by Gasteiger charge is 2.31. The summed E-state index contributed by atoms with van der Waals surface area (Å²) in [7, 11) is -1.99. The Bertz CT molecular complexity index is 817. The molecule has 6 heteroatoms. The lowest BCUT2D eigenvalue weighted by Crippen LogP contribution is -2.29. The first-order valence-electron chi connectivity index (χ1n) is 6.97. The van der Waals surface area contributed by atoms with Crippen molar-refractivity contribution >= 4 is 21.6 Å². The van der Waals surface area contributed by atoms with E-state index in [0.29, 0.717) is 24.2 Å². The van der Waals surface area contributed by atoms with Crippen molar-refractivity contribution in [2.45, 2.75) is 11.3 Å². The highest BCUT2D eigenvalue weighted by molar-refractivity contribution is 7.92. The van der Waals surface area contributed by atoms with Gasteiger partial charge in [0.15, 0.2) is 0 Å². The summed E-state index contributed by atoms with van der Waals surface area (Å²) in [5, 5.41) is 2.57. The second-order valence-corrected chi connectivity index (χ2v) is 6.93. The zero-order valence-electron chi connectivity index (χ0n) is 12.1. The van der Waals surface area contributed by atoms with Crippen LogP contribution in [0.4, 0.5) is 5.69 Å². The monoisotopic (exact) mass is 316 g/mol. The maximum Gasteiger partial charge on any atom is 0.264 e. The summed E-state index contributed by atoms with van der Waals surface area (Å²) in [4.78, 5) is 11.9. The Morgan fingerprint density at radius 1 is 1.14 bits per heavy atom. The third kappa shape index (κ3) is 2.35. The number of sulfonamides is 1. The standard InChI is InChI=1S/C16H16N2O3S/c1-17-16(19)13-7-8-15-12(11-13)9-10-18(15)22(20,21)14-5-3-2-4-6-14/h2-8,11H,9-10H2,1H3,(H,17,19). The largest absolute Gasteiger partial charge is 0.355 e. The fourth-order valence-electron chi connectivity index (χ4n) is 2.63. The molecule has 5 nitrogen and oxygen atoms in total. The summed E-state index contributed by atoms with van der Waals surface area (Å²) in [6.07, 6.45) is 0.603. The maximum atomic E-state index is 12.7. The number of rotatable bonds is 3. The summed E-state index contributed by atoms with van der Waals surface area (Å²) < 4.78 is 26.8. The van der Waals surface area contributed by atoms with Gasteiger partial charge in [-0.05, 0) is 42.3 Å². The minimum Gasteiger partial charge on any atom is -0.355 e. The van der Waals surface area contributed by atoms with Crippen LogP contribution in [0.25, 0.3) is 0 Å². The number of amides is 1. The summed E-state index contributed by atoms with van der Waals surface area (Å²) >= 11 is 0. The summed E-state index contributed by atoms with van der Waals surface area (Å²) in [6, 6.07) is 13.5. The van der Waals surface area contributed by atoms with E-state index < -0.39 is 10.0 Å². The molecule has 0 saturated heterocycles. The number of carbonyl (C=O) groups is 1. The van der Waals surface area contributed by atoms with Crippen molar-refractivity contribution in [3.05, 3.63) is 59.7 Å². The average Bonchev–Trinajstić information content (AvgIpc) is 2.98. The molecule has 1 amide bonds. The molecule has 2 aromatic carbocycles. The molecule has 1 aliphatic heterocycles. The highest BCUT2D eigenvalue weighted by atomic mass is 32.2. The molecule has 0 bridgehead atoms. The number of hydrogen-bond acceptors (Lipinski definition) is 3. The molecule has 1 heterocycles. The highest BCUT2D eigenvalue weighted by Crippen LogP contribution is 2.33. The maximum absolute atomic E-state index is 12.7. The predicted octanol–water partition coefficient (Wildman–Crippen LogP) is 1.80. The van der Waals surface area contributed by atoms with Crippen LogP contribution in [0.1, 0.15) is 15.9 Å². The van der Waals surface area contributed by atoms with Crippen LogP contribution in [0.2, 0.25) is 0 Å². The van der Waals surface area contributed by atoms with E-state index in [1.165, 1.54) is 4.31 Å². The molecule has 3 rings (SSSR count). The van der Waals surface area contributed by atoms with Crippen molar-refractivity contribution in [3.8, 4) is 0 Å². The number of carbonyl (C=O) groups excluding carboxylic acids is 1. The average molecular weight is 316 g/mol. The van der Waals surface area contributed by atoms with Crippen LogP contribution in [0.3, 0.4) is 0 Å². The van der Waals surface area contributed by atoms with Crippen LogP contribution in [-0.2, 0) is 16.4 Å². The molecule has 0 saturated carbocycles. The van der Waals surface area contributed by atoms with E-state index in [-0.39, 0.29) is 10.8 Å². The molecule has 1 N–H and O–H groups in total. The quantitative estimate of drug-likeness (QED) is 0.939. The molecule has 0 spiro atoms. The summed E-state index contributed by atoms with van der Waals surface area (Å²) in [6.45, 7) is 0.393. The van der Waals surface area contributed by atoms with Crippen molar-refractivity contribution in [1.29, 1.82) is 0 Å². The van der Waals surface area contributed by atoms with Crippen LogP contribution < -0.4 is 9.62 Å². The molecule has 0 atom stereocenters. The molecule has 0 radical (unpaired) electrons. The first kappa shape index (κ1) is 14.6. The molecular formula is C16H16N2O3S. The van der Waals surface area contributed by atoms with Gasteiger partial charge in [-0.2, -0.15) is 0 Å². The Kier molecular flexibility index (Phi) is 3.62. The molecule has 0 fully saturated rings. The number of fused-ring (bicyclic) bond motifs is 1. The van der Waals surface area contributed by atoms with Gasteiger partial charge in [0.25, 0.3) is 15.9 Å². The predicted molar refractivity (Wildman–Crippen MR) is 84.5 cm³/mol. The van der Waals surface area contributed by atoms with Crippen molar-refractivity contribution in [1.82, 2.24) is 5.32 Å². The van der Waals surface area contributed by atoms with E-state index in [4.69, 9.17) is 0 Å². The Labute approximate surface area is 129 Å². The van der Waals surface area contributed by atoms with Crippen LogP contribution in [0, 0.1) is 0 Å². The van der Waals surface area contributed by atoms with Gasteiger partial charge in [-0.1, -0.05) is 18.2 Å². The van der Waals surface area contributed by atoms with Gasteiger partial charge < -0.3 is 5.32 Å². The second-order valence-electron chi connectivity index (χ2n) is 5.06. The second kappa shape index (κ2) is 5.46. The molecule has 0 aromatic heterocycles. The van der Waals surface area contributed by atoms with Gasteiger partial charge in [0.05, 0.1) is 10.6 Å². The topological polar surface area (TPSA) is 66.5 Å². The number of anilines is 1. The lowest BCUT2D eigenvalue weighted by molar-refractivity contribution is 0.0963. The van der Waals surface area contributed by atoms with Crippen LogP contribution >= 0.6 is 0 Å². The van der Waals surface area contributed by atoms with Crippen LogP contribution in [0.5, 0.6) is 0 Å². The van der Waals surface area contributed by atoms with Gasteiger partial charge in [-0.3, -0.25) is 9.10 Å². The van der Waals surface area contributed by atoms with Crippen LogP contribution in [0.15, 0.2) is 53.4 Å². The van der Waals surface area contributed by atoms with Crippen molar-refractivity contribution in [3.63, 3.8) is 0 Å².